The molecule has 104 heavy (non-hydrogen) atoms. The lowest BCUT2D eigenvalue weighted by Gasteiger charge is -2.21. The van der Waals surface area contributed by atoms with Crippen molar-refractivity contribution in [2.75, 3.05) is 39.6 Å². The van der Waals surface area contributed by atoms with Crippen LogP contribution >= 0.6 is 15.6 Å². The fourth-order valence-electron chi connectivity index (χ4n) is 13.3. The van der Waals surface area contributed by atoms with Crippen LogP contribution < -0.4 is 0 Å². The fraction of sp³-hybridized carbons (Fsp3) is 0.953. The van der Waals surface area contributed by atoms with Gasteiger partial charge in [0, 0.05) is 25.7 Å². The van der Waals surface area contributed by atoms with Crippen molar-refractivity contribution in [1.29, 1.82) is 0 Å². The van der Waals surface area contributed by atoms with Crippen LogP contribution in [0.2, 0.25) is 0 Å². The first-order valence-corrected chi connectivity index (χ1v) is 47.2. The normalized spacial score (nSPS) is 14.0. The van der Waals surface area contributed by atoms with Crippen LogP contribution in [-0.4, -0.2) is 96.7 Å². The van der Waals surface area contributed by atoms with Gasteiger partial charge in [0.15, 0.2) is 12.2 Å². The summed E-state index contributed by atoms with van der Waals surface area (Å²) in [5.41, 5.74) is 0. The van der Waals surface area contributed by atoms with Gasteiger partial charge in [-0.25, -0.2) is 9.13 Å². The van der Waals surface area contributed by atoms with E-state index in [0.717, 1.165) is 95.8 Å². The Labute approximate surface area is 638 Å². The van der Waals surface area contributed by atoms with Gasteiger partial charge in [-0.1, -0.05) is 407 Å². The minimum atomic E-state index is -4.96. The van der Waals surface area contributed by atoms with Crippen molar-refractivity contribution < 1.29 is 80.2 Å². The second-order valence-corrected chi connectivity index (χ2v) is 33.7. The van der Waals surface area contributed by atoms with Gasteiger partial charge in [-0.3, -0.25) is 37.3 Å². The maximum absolute atomic E-state index is 13.1. The highest BCUT2D eigenvalue weighted by molar-refractivity contribution is 7.47. The van der Waals surface area contributed by atoms with Gasteiger partial charge in [0.25, 0.3) is 0 Å². The molecule has 0 aromatic rings. The molecule has 0 heterocycles. The molecule has 0 aromatic carbocycles. The van der Waals surface area contributed by atoms with Crippen LogP contribution in [0.25, 0.3) is 0 Å². The lowest BCUT2D eigenvalue weighted by atomic mass is 9.99. The van der Waals surface area contributed by atoms with E-state index in [2.05, 4.69) is 34.6 Å². The molecule has 0 amide bonds. The van der Waals surface area contributed by atoms with E-state index < -0.39 is 97.5 Å². The molecule has 0 rings (SSSR count). The molecule has 0 aromatic heterocycles. The number of hydrogen-bond acceptors (Lipinski definition) is 15. The molecular weight excluding hydrogens is 1350 g/mol. The molecule has 0 saturated carbocycles. The molecule has 0 spiro atoms. The smallest absolute Gasteiger partial charge is 0.462 e. The van der Waals surface area contributed by atoms with E-state index >= 15 is 0 Å². The number of hydrogen-bond donors (Lipinski definition) is 3. The predicted octanol–water partition coefficient (Wildman–Crippen LogP) is 26.0. The zero-order chi connectivity index (χ0) is 76.2. The third-order valence-corrected chi connectivity index (χ3v) is 22.3. The minimum Gasteiger partial charge on any atom is -0.462 e. The van der Waals surface area contributed by atoms with E-state index in [0.29, 0.717) is 25.7 Å². The van der Waals surface area contributed by atoms with E-state index in [-0.39, 0.29) is 25.7 Å². The standard InChI is InChI=1S/C85H166O17P2/c1-6-10-13-16-19-22-25-27-29-30-34-37-41-44-49-54-59-64-69-83(88)96-75-81(102-85(90)71-66-61-56-51-46-42-38-35-32-31-33-36-39-43-47-52-57-62-67-78(5)9-4)77-100-104(93,94)98-73-79(86)72-97-103(91,92)99-76-80(74-95-82(87)68-63-58-53-48-24-21-18-15-12-8-3)101-84(89)70-65-60-55-50-45-40-28-26-23-20-17-14-11-7-2/h78-81,86H,6-77H2,1-5H3,(H,91,92)(H,93,94)/t78?,79-,80+,81+/m0/s1. The number of aliphatic hydroxyl groups is 1. The predicted molar refractivity (Wildman–Crippen MR) is 428 cm³/mol. The fourth-order valence-corrected chi connectivity index (χ4v) is 14.8. The number of aliphatic hydroxyl groups excluding tert-OH is 1. The van der Waals surface area contributed by atoms with E-state index in [4.69, 9.17) is 37.0 Å². The molecule has 0 aliphatic rings. The second-order valence-electron chi connectivity index (χ2n) is 30.8. The molecule has 17 nitrogen and oxygen atoms in total. The van der Waals surface area contributed by atoms with Crippen LogP contribution in [0.4, 0.5) is 0 Å². The Kier molecular flexibility index (Phi) is 76.3. The molecule has 0 aliphatic heterocycles. The van der Waals surface area contributed by atoms with E-state index in [1.807, 2.05) is 0 Å². The van der Waals surface area contributed by atoms with Gasteiger partial charge < -0.3 is 33.8 Å². The Balaban J connectivity index is 5.21. The lowest BCUT2D eigenvalue weighted by molar-refractivity contribution is -0.161. The maximum Gasteiger partial charge on any atom is 0.472 e. The molecule has 0 bridgehead atoms. The summed E-state index contributed by atoms with van der Waals surface area (Å²) in [5, 5.41) is 10.7. The Morgan fingerprint density at radius 3 is 0.683 bits per heavy atom. The first-order chi connectivity index (χ1) is 50.6. The average Bonchev–Trinajstić information content (AvgIpc) is 0.913. The monoisotopic (exact) mass is 1520 g/mol. The van der Waals surface area contributed by atoms with Crippen LogP contribution in [0, 0.1) is 5.92 Å². The number of phosphoric ester groups is 2. The highest BCUT2D eigenvalue weighted by Gasteiger charge is 2.30. The Hall–Kier alpha value is -1.94. The topological polar surface area (TPSA) is 237 Å². The van der Waals surface area contributed by atoms with Gasteiger partial charge in [-0.15, -0.1) is 0 Å². The zero-order valence-electron chi connectivity index (χ0n) is 68.2. The van der Waals surface area contributed by atoms with Gasteiger partial charge in [0.1, 0.15) is 19.3 Å². The minimum absolute atomic E-state index is 0.109. The molecule has 0 aliphatic carbocycles. The van der Waals surface area contributed by atoms with Crippen molar-refractivity contribution >= 4 is 39.5 Å². The van der Waals surface area contributed by atoms with Crippen molar-refractivity contribution in [3.8, 4) is 0 Å². The lowest BCUT2D eigenvalue weighted by Crippen LogP contribution is -2.30. The van der Waals surface area contributed by atoms with Gasteiger partial charge in [-0.05, 0) is 31.6 Å². The summed E-state index contributed by atoms with van der Waals surface area (Å²) in [5.74, 6) is -1.23. The van der Waals surface area contributed by atoms with Crippen LogP contribution in [0.5, 0.6) is 0 Å². The Morgan fingerprint density at radius 1 is 0.269 bits per heavy atom. The average molecular weight is 1520 g/mol. The summed E-state index contributed by atoms with van der Waals surface area (Å²) in [6.45, 7) is 7.42. The molecular formula is C85H166O17P2. The zero-order valence-corrected chi connectivity index (χ0v) is 70.0. The van der Waals surface area contributed by atoms with Gasteiger partial charge in [-0.2, -0.15) is 0 Å². The van der Waals surface area contributed by atoms with Gasteiger partial charge in [0.05, 0.1) is 26.4 Å². The van der Waals surface area contributed by atoms with Crippen LogP contribution in [-0.2, 0) is 65.4 Å². The van der Waals surface area contributed by atoms with E-state index in [1.165, 1.54) is 283 Å². The van der Waals surface area contributed by atoms with Gasteiger partial charge >= 0.3 is 39.5 Å². The van der Waals surface area contributed by atoms with E-state index in [1.54, 1.807) is 0 Å². The van der Waals surface area contributed by atoms with Crippen molar-refractivity contribution in [3.05, 3.63) is 0 Å². The first kappa shape index (κ1) is 102. The van der Waals surface area contributed by atoms with Crippen molar-refractivity contribution in [3.63, 3.8) is 0 Å². The highest BCUT2D eigenvalue weighted by atomic mass is 31.2. The van der Waals surface area contributed by atoms with Gasteiger partial charge in [0.2, 0.25) is 0 Å². The molecule has 0 radical (unpaired) electrons. The Bertz CT molecular complexity index is 1980. The van der Waals surface area contributed by atoms with Crippen molar-refractivity contribution in [2.45, 2.75) is 477 Å². The number of esters is 4. The number of rotatable bonds is 85. The van der Waals surface area contributed by atoms with Crippen LogP contribution in [0.1, 0.15) is 458 Å². The number of unbranched alkanes of at least 4 members (excludes halogenated alkanes) is 56. The highest BCUT2D eigenvalue weighted by Crippen LogP contribution is 2.45. The molecule has 3 N–H and O–H groups in total. The molecule has 0 fully saturated rings. The van der Waals surface area contributed by atoms with E-state index in [9.17, 15) is 43.2 Å². The van der Waals surface area contributed by atoms with Crippen molar-refractivity contribution in [2.24, 2.45) is 5.92 Å². The Morgan fingerprint density at radius 2 is 0.462 bits per heavy atom. The number of ether oxygens (including phenoxy) is 4. The molecule has 0 saturated heterocycles. The third-order valence-electron chi connectivity index (χ3n) is 20.4. The number of carbonyl (C=O) groups is 4. The summed E-state index contributed by atoms with van der Waals surface area (Å²) in [7, 11) is -9.92. The summed E-state index contributed by atoms with van der Waals surface area (Å²) in [4.78, 5) is 73.1. The second kappa shape index (κ2) is 77.8. The summed E-state index contributed by atoms with van der Waals surface area (Å²) >= 11 is 0. The van der Waals surface area contributed by atoms with Crippen LogP contribution in [0.15, 0.2) is 0 Å². The SMILES string of the molecule is CCCCCCCCCCCCCCCCCCCCC(=O)OC[C@H](COP(=O)(O)OC[C@@H](O)COP(=O)(O)OC[C@@H](COC(=O)CCCCCCCCCCCC)OC(=O)CCCCCCCCCCCCCCCC)OC(=O)CCCCCCCCCCCCCCCCCCCCC(C)CC. The van der Waals surface area contributed by atoms with Crippen molar-refractivity contribution in [1.82, 2.24) is 0 Å². The quantitative estimate of drug-likeness (QED) is 0.0222. The molecule has 6 atom stereocenters. The first-order valence-electron chi connectivity index (χ1n) is 44.2. The summed E-state index contributed by atoms with van der Waals surface area (Å²) in [6.07, 6.45) is 70.7. The summed E-state index contributed by atoms with van der Waals surface area (Å²) < 4.78 is 68.8. The summed E-state index contributed by atoms with van der Waals surface area (Å²) in [6, 6.07) is 0. The molecule has 19 heteroatoms. The molecule has 3 unspecified atom stereocenters. The largest absolute Gasteiger partial charge is 0.472 e. The third kappa shape index (κ3) is 76.8. The van der Waals surface area contributed by atoms with Crippen LogP contribution in [0.3, 0.4) is 0 Å². The maximum atomic E-state index is 13.1. The number of carbonyl (C=O) groups excluding carboxylic acids is 4. The number of phosphoric acid groups is 2. The molecule has 618 valence electrons.